The first-order valence-corrected chi connectivity index (χ1v) is 10.3. The molecule has 0 unspecified atom stereocenters. The SMILES string of the molecule is CC[C@H](CCO[C@@H]1O[C@H](CO[C@@H]2OC[C@@H](O)[C@H](O)[C@H]2O)[C@@H](O)[C@H](O)[C@H]1O)C(C)C. The predicted molar refractivity (Wildman–Crippen MR) is 99.6 cm³/mol. The van der Waals surface area contributed by atoms with Gasteiger partial charge in [0.2, 0.25) is 0 Å². The molecule has 0 aromatic rings. The second kappa shape index (κ2) is 11.3. The van der Waals surface area contributed by atoms with Gasteiger partial charge in [-0.25, -0.2) is 0 Å². The van der Waals surface area contributed by atoms with Gasteiger partial charge in [-0.15, -0.1) is 0 Å². The third-order valence-electron chi connectivity index (χ3n) is 5.79. The lowest BCUT2D eigenvalue weighted by molar-refractivity contribution is -0.321. The van der Waals surface area contributed by atoms with Gasteiger partial charge in [0.05, 0.1) is 19.8 Å². The van der Waals surface area contributed by atoms with Crippen LogP contribution in [0.5, 0.6) is 0 Å². The molecule has 2 heterocycles. The van der Waals surface area contributed by atoms with E-state index in [2.05, 4.69) is 20.8 Å². The summed E-state index contributed by atoms with van der Waals surface area (Å²) in [6.45, 7) is 6.17. The Hall–Kier alpha value is -0.400. The summed E-state index contributed by atoms with van der Waals surface area (Å²) in [5.41, 5.74) is 0. The van der Waals surface area contributed by atoms with Crippen LogP contribution in [0.2, 0.25) is 0 Å². The number of hydrogen-bond donors (Lipinski definition) is 6. The molecule has 10 atom stereocenters. The van der Waals surface area contributed by atoms with Crippen LogP contribution in [0.3, 0.4) is 0 Å². The van der Waals surface area contributed by atoms with E-state index in [1.807, 2.05) is 0 Å². The fraction of sp³-hybridized carbons (Fsp3) is 1.00. The third kappa shape index (κ3) is 6.30. The lowest BCUT2D eigenvalue weighted by atomic mass is 9.90. The van der Waals surface area contributed by atoms with Gasteiger partial charge < -0.3 is 49.6 Å². The Bertz CT molecular complexity index is 478. The minimum atomic E-state index is -1.50. The molecule has 29 heavy (non-hydrogen) atoms. The van der Waals surface area contributed by atoms with Crippen LogP contribution in [0.4, 0.5) is 0 Å². The molecule has 0 aromatic heterocycles. The van der Waals surface area contributed by atoms with Gasteiger partial charge in [-0.05, 0) is 18.3 Å². The summed E-state index contributed by atoms with van der Waals surface area (Å²) < 4.78 is 21.7. The smallest absolute Gasteiger partial charge is 0.186 e. The van der Waals surface area contributed by atoms with Crippen molar-refractivity contribution >= 4 is 0 Å². The van der Waals surface area contributed by atoms with Crippen molar-refractivity contribution in [3.05, 3.63) is 0 Å². The summed E-state index contributed by atoms with van der Waals surface area (Å²) in [5.74, 6) is 0.947. The Labute approximate surface area is 171 Å². The zero-order valence-corrected chi connectivity index (χ0v) is 17.2. The van der Waals surface area contributed by atoms with Gasteiger partial charge in [0.15, 0.2) is 12.6 Å². The molecule has 10 nitrogen and oxygen atoms in total. The molecule has 0 spiro atoms. The van der Waals surface area contributed by atoms with E-state index in [1.54, 1.807) is 0 Å². The molecule has 2 saturated heterocycles. The topological polar surface area (TPSA) is 158 Å². The molecule has 0 aliphatic carbocycles. The molecule has 2 aliphatic heterocycles. The third-order valence-corrected chi connectivity index (χ3v) is 5.79. The molecule has 6 N–H and O–H groups in total. The number of ether oxygens (including phenoxy) is 4. The summed E-state index contributed by atoms with van der Waals surface area (Å²) in [5, 5.41) is 59.5. The van der Waals surface area contributed by atoms with E-state index in [0.717, 1.165) is 12.8 Å². The summed E-state index contributed by atoms with van der Waals surface area (Å²) in [6.07, 6.45) is -10.2. The Balaban J connectivity index is 1.87. The molecular weight excluding hydrogens is 388 g/mol. The van der Waals surface area contributed by atoms with Crippen LogP contribution in [0, 0.1) is 11.8 Å². The first-order chi connectivity index (χ1) is 13.7. The number of hydrogen-bond acceptors (Lipinski definition) is 10. The van der Waals surface area contributed by atoms with Crippen molar-refractivity contribution in [1.82, 2.24) is 0 Å². The van der Waals surface area contributed by atoms with Crippen LogP contribution in [0.15, 0.2) is 0 Å². The Morgan fingerprint density at radius 1 is 0.862 bits per heavy atom. The van der Waals surface area contributed by atoms with Crippen molar-refractivity contribution in [3.8, 4) is 0 Å². The number of rotatable bonds is 9. The maximum absolute atomic E-state index is 10.2. The molecule has 0 radical (unpaired) electrons. The fourth-order valence-corrected chi connectivity index (χ4v) is 3.65. The van der Waals surface area contributed by atoms with E-state index in [1.165, 1.54) is 0 Å². The van der Waals surface area contributed by atoms with Gasteiger partial charge in [-0.1, -0.05) is 27.2 Å². The van der Waals surface area contributed by atoms with Gasteiger partial charge in [0.1, 0.15) is 42.7 Å². The zero-order chi connectivity index (χ0) is 21.7. The molecule has 2 aliphatic rings. The summed E-state index contributed by atoms with van der Waals surface area (Å²) >= 11 is 0. The lowest BCUT2D eigenvalue weighted by Crippen LogP contribution is -2.60. The van der Waals surface area contributed by atoms with E-state index < -0.39 is 55.3 Å². The maximum atomic E-state index is 10.2. The van der Waals surface area contributed by atoms with E-state index >= 15 is 0 Å². The van der Waals surface area contributed by atoms with Crippen molar-refractivity contribution in [1.29, 1.82) is 0 Å². The van der Waals surface area contributed by atoms with Crippen molar-refractivity contribution in [2.75, 3.05) is 19.8 Å². The van der Waals surface area contributed by atoms with Crippen LogP contribution in [0.25, 0.3) is 0 Å². The van der Waals surface area contributed by atoms with Gasteiger partial charge >= 0.3 is 0 Å². The molecular formula is C19H36O10. The predicted octanol–water partition coefficient (Wildman–Crippen LogP) is -1.66. The van der Waals surface area contributed by atoms with E-state index in [4.69, 9.17) is 18.9 Å². The lowest BCUT2D eigenvalue weighted by Gasteiger charge is -2.41. The van der Waals surface area contributed by atoms with E-state index in [-0.39, 0.29) is 13.2 Å². The van der Waals surface area contributed by atoms with Crippen LogP contribution in [0.1, 0.15) is 33.6 Å². The zero-order valence-electron chi connectivity index (χ0n) is 17.2. The first-order valence-electron chi connectivity index (χ1n) is 10.3. The minimum Gasteiger partial charge on any atom is -0.388 e. The second-order valence-electron chi connectivity index (χ2n) is 8.17. The molecule has 10 heteroatoms. The Morgan fingerprint density at radius 3 is 2.14 bits per heavy atom. The molecule has 2 fully saturated rings. The standard InChI is InChI=1S/C19H36O10/c1-4-10(9(2)3)5-6-26-19-17(25)15(23)14(22)12(29-19)8-28-18-16(24)13(21)11(20)7-27-18/h9-25H,4-8H2,1-3H3/t10-,11-,12-,13+,14-,15+,16-,17-,18+,19-/m1/s1. The highest BCUT2D eigenvalue weighted by atomic mass is 16.7. The second-order valence-corrected chi connectivity index (χ2v) is 8.17. The van der Waals surface area contributed by atoms with Gasteiger partial charge in [0, 0.05) is 0 Å². The van der Waals surface area contributed by atoms with Crippen molar-refractivity contribution in [2.45, 2.75) is 88.9 Å². The van der Waals surface area contributed by atoms with Crippen LogP contribution in [-0.2, 0) is 18.9 Å². The highest BCUT2D eigenvalue weighted by molar-refractivity contribution is 4.90. The average molecular weight is 424 g/mol. The van der Waals surface area contributed by atoms with Crippen LogP contribution in [-0.4, -0.2) is 106 Å². The molecule has 0 saturated carbocycles. The molecule has 0 bridgehead atoms. The highest BCUT2D eigenvalue weighted by Gasteiger charge is 2.45. The average Bonchev–Trinajstić information content (AvgIpc) is 2.69. The quantitative estimate of drug-likeness (QED) is 0.253. The van der Waals surface area contributed by atoms with Crippen molar-refractivity contribution in [2.24, 2.45) is 11.8 Å². The molecule has 0 aromatic carbocycles. The van der Waals surface area contributed by atoms with E-state index in [9.17, 15) is 30.6 Å². The van der Waals surface area contributed by atoms with Gasteiger partial charge in [-0.3, -0.25) is 0 Å². The maximum Gasteiger partial charge on any atom is 0.186 e. The van der Waals surface area contributed by atoms with E-state index in [0.29, 0.717) is 18.4 Å². The molecule has 0 amide bonds. The Morgan fingerprint density at radius 2 is 1.52 bits per heavy atom. The van der Waals surface area contributed by atoms with Crippen LogP contribution >= 0.6 is 0 Å². The van der Waals surface area contributed by atoms with Crippen LogP contribution < -0.4 is 0 Å². The summed E-state index contributed by atoms with van der Waals surface area (Å²) in [6, 6.07) is 0. The van der Waals surface area contributed by atoms with Gasteiger partial charge in [-0.2, -0.15) is 0 Å². The summed E-state index contributed by atoms with van der Waals surface area (Å²) in [4.78, 5) is 0. The highest BCUT2D eigenvalue weighted by Crippen LogP contribution is 2.25. The molecule has 2 rings (SSSR count). The first kappa shape index (κ1) is 24.9. The van der Waals surface area contributed by atoms with Crippen molar-refractivity contribution < 1.29 is 49.6 Å². The largest absolute Gasteiger partial charge is 0.388 e. The number of aliphatic hydroxyl groups excluding tert-OH is 6. The minimum absolute atomic E-state index is 0.224. The monoisotopic (exact) mass is 424 g/mol. The normalized spacial score (nSPS) is 42.2. The summed E-state index contributed by atoms with van der Waals surface area (Å²) in [7, 11) is 0. The van der Waals surface area contributed by atoms with Gasteiger partial charge in [0.25, 0.3) is 0 Å². The fourth-order valence-electron chi connectivity index (χ4n) is 3.65. The van der Waals surface area contributed by atoms with Crippen molar-refractivity contribution in [3.63, 3.8) is 0 Å². The number of aliphatic hydroxyl groups is 6. The molecule has 172 valence electrons. The Kier molecular flexibility index (Phi) is 9.68.